The lowest BCUT2D eigenvalue weighted by atomic mass is 10.1. The van der Waals surface area contributed by atoms with E-state index >= 15 is 0 Å². The maximum atomic E-state index is 12.1. The number of nitrogens with two attached hydrogens (primary N) is 1. The van der Waals surface area contributed by atoms with Crippen LogP contribution in [0, 0.1) is 0 Å². The van der Waals surface area contributed by atoms with E-state index in [1.54, 1.807) is 13.0 Å². The molecule has 0 heterocycles. The van der Waals surface area contributed by atoms with E-state index in [0.717, 1.165) is 0 Å². The van der Waals surface area contributed by atoms with Gasteiger partial charge in [0.25, 0.3) is 0 Å². The molecule has 1 atom stereocenters. The third kappa shape index (κ3) is 5.93. The number of halogens is 3. The molecule has 0 bridgehead atoms. The van der Waals surface area contributed by atoms with Crippen LogP contribution in [0.1, 0.15) is 36.5 Å². The SMILES string of the molecule is COc1ccc(C(N)=O)cc1NC(C)CCCC(F)(F)F. The Morgan fingerprint density at radius 3 is 2.62 bits per heavy atom. The monoisotopic (exact) mass is 304 g/mol. The molecular weight excluding hydrogens is 285 g/mol. The number of carbonyl (C=O) groups excluding carboxylic acids is 1. The molecule has 0 spiro atoms. The zero-order chi connectivity index (χ0) is 16.0. The number of rotatable bonds is 7. The molecule has 1 unspecified atom stereocenters. The number of nitrogens with one attached hydrogen (secondary N) is 1. The lowest BCUT2D eigenvalue weighted by Crippen LogP contribution is -2.18. The zero-order valence-electron chi connectivity index (χ0n) is 12.0. The first-order chi connectivity index (χ1) is 9.73. The van der Waals surface area contributed by atoms with Gasteiger partial charge in [-0.05, 0) is 38.0 Å². The van der Waals surface area contributed by atoms with Crippen LogP contribution in [-0.4, -0.2) is 25.2 Å². The van der Waals surface area contributed by atoms with Gasteiger partial charge in [-0.2, -0.15) is 13.2 Å². The normalized spacial score (nSPS) is 12.8. The largest absolute Gasteiger partial charge is 0.495 e. The Kier molecular flexibility index (Phi) is 5.87. The van der Waals surface area contributed by atoms with E-state index in [1.165, 1.54) is 19.2 Å². The first-order valence-electron chi connectivity index (χ1n) is 6.54. The molecule has 118 valence electrons. The summed E-state index contributed by atoms with van der Waals surface area (Å²) in [7, 11) is 1.47. The van der Waals surface area contributed by atoms with Crippen LogP contribution in [0.4, 0.5) is 18.9 Å². The van der Waals surface area contributed by atoms with Crippen molar-refractivity contribution in [3.05, 3.63) is 23.8 Å². The number of ether oxygens (including phenoxy) is 1. The van der Waals surface area contributed by atoms with Crippen LogP contribution >= 0.6 is 0 Å². The first-order valence-corrected chi connectivity index (χ1v) is 6.54. The summed E-state index contributed by atoms with van der Waals surface area (Å²) in [5.74, 6) is -0.0758. The maximum Gasteiger partial charge on any atom is 0.389 e. The topological polar surface area (TPSA) is 64.3 Å². The average Bonchev–Trinajstić information content (AvgIpc) is 2.36. The Labute approximate surface area is 121 Å². The van der Waals surface area contributed by atoms with Crippen LogP contribution in [-0.2, 0) is 0 Å². The van der Waals surface area contributed by atoms with Gasteiger partial charge in [0.15, 0.2) is 0 Å². The number of primary amides is 1. The predicted molar refractivity (Wildman–Crippen MR) is 74.5 cm³/mol. The number of methoxy groups -OCH3 is 1. The average molecular weight is 304 g/mol. The molecule has 3 N–H and O–H groups in total. The molecule has 0 aliphatic rings. The minimum absolute atomic E-state index is 0.0372. The molecule has 0 fully saturated rings. The van der Waals surface area contributed by atoms with E-state index in [9.17, 15) is 18.0 Å². The van der Waals surface area contributed by atoms with Crippen molar-refractivity contribution in [2.75, 3.05) is 12.4 Å². The molecule has 1 aromatic rings. The lowest BCUT2D eigenvalue weighted by Gasteiger charge is -2.18. The highest BCUT2D eigenvalue weighted by Gasteiger charge is 2.26. The van der Waals surface area contributed by atoms with E-state index in [0.29, 0.717) is 23.4 Å². The van der Waals surface area contributed by atoms with Gasteiger partial charge in [0.05, 0.1) is 12.8 Å². The Balaban J connectivity index is 2.67. The molecule has 0 radical (unpaired) electrons. The summed E-state index contributed by atoms with van der Waals surface area (Å²) in [4.78, 5) is 11.1. The Hall–Kier alpha value is -1.92. The van der Waals surface area contributed by atoms with E-state index in [1.807, 2.05) is 0 Å². The summed E-state index contributed by atoms with van der Waals surface area (Å²) in [5, 5.41) is 3.04. The minimum Gasteiger partial charge on any atom is -0.495 e. The van der Waals surface area contributed by atoms with Crippen LogP contribution in [0.5, 0.6) is 5.75 Å². The third-order valence-electron chi connectivity index (χ3n) is 2.98. The Bertz CT molecular complexity index is 490. The molecule has 7 heteroatoms. The molecule has 0 aliphatic heterocycles. The zero-order valence-corrected chi connectivity index (χ0v) is 12.0. The van der Waals surface area contributed by atoms with Gasteiger partial charge in [0.2, 0.25) is 5.91 Å². The maximum absolute atomic E-state index is 12.1. The van der Waals surface area contributed by atoms with Crippen LogP contribution in [0.15, 0.2) is 18.2 Å². The van der Waals surface area contributed by atoms with Gasteiger partial charge in [0, 0.05) is 18.0 Å². The number of benzene rings is 1. The highest BCUT2D eigenvalue weighted by molar-refractivity contribution is 5.94. The van der Waals surface area contributed by atoms with Crippen molar-refractivity contribution in [3.63, 3.8) is 0 Å². The summed E-state index contributed by atoms with van der Waals surface area (Å²) in [6, 6.07) is 4.46. The van der Waals surface area contributed by atoms with Crippen LogP contribution in [0.3, 0.4) is 0 Å². The Morgan fingerprint density at radius 1 is 1.43 bits per heavy atom. The number of hydrogen-bond donors (Lipinski definition) is 2. The second-order valence-corrected chi connectivity index (χ2v) is 4.83. The van der Waals surface area contributed by atoms with Crippen molar-refractivity contribution < 1.29 is 22.7 Å². The van der Waals surface area contributed by atoms with Gasteiger partial charge in [0.1, 0.15) is 5.75 Å². The van der Waals surface area contributed by atoms with Crippen molar-refractivity contribution in [3.8, 4) is 5.75 Å². The van der Waals surface area contributed by atoms with Crippen molar-refractivity contribution in [1.82, 2.24) is 0 Å². The van der Waals surface area contributed by atoms with Crippen molar-refractivity contribution in [2.45, 2.75) is 38.4 Å². The smallest absolute Gasteiger partial charge is 0.389 e. The van der Waals surface area contributed by atoms with Crippen molar-refractivity contribution >= 4 is 11.6 Å². The second-order valence-electron chi connectivity index (χ2n) is 4.83. The summed E-state index contributed by atoms with van der Waals surface area (Å²) < 4.78 is 41.4. The van der Waals surface area contributed by atoms with Crippen LogP contribution in [0.25, 0.3) is 0 Å². The highest BCUT2D eigenvalue weighted by Crippen LogP contribution is 2.27. The fourth-order valence-electron chi connectivity index (χ4n) is 1.92. The molecule has 0 saturated carbocycles. The fraction of sp³-hybridized carbons (Fsp3) is 0.500. The Morgan fingerprint density at radius 2 is 2.10 bits per heavy atom. The number of hydrogen-bond acceptors (Lipinski definition) is 3. The number of carbonyl (C=O) groups is 1. The first kappa shape index (κ1) is 17.1. The molecule has 0 saturated heterocycles. The van der Waals surface area contributed by atoms with Gasteiger partial charge >= 0.3 is 6.18 Å². The molecule has 1 amide bonds. The standard InChI is InChI=1S/C14H19F3N2O2/c1-9(4-3-7-14(15,16)17)19-11-8-10(13(18)20)5-6-12(11)21-2/h5-6,8-9,19H,3-4,7H2,1-2H3,(H2,18,20). The summed E-state index contributed by atoms with van der Waals surface area (Å²) in [5.41, 5.74) is 6.04. The van der Waals surface area contributed by atoms with E-state index in [-0.39, 0.29) is 12.5 Å². The summed E-state index contributed by atoms with van der Waals surface area (Å²) >= 11 is 0. The number of alkyl halides is 3. The molecule has 0 aromatic heterocycles. The summed E-state index contributed by atoms with van der Waals surface area (Å²) in [6.45, 7) is 1.77. The van der Waals surface area contributed by atoms with Gasteiger partial charge in [-0.3, -0.25) is 4.79 Å². The van der Waals surface area contributed by atoms with Crippen LogP contribution < -0.4 is 15.8 Å². The summed E-state index contributed by atoms with van der Waals surface area (Å²) in [6.07, 6.45) is -4.56. The molecule has 1 rings (SSSR count). The molecule has 1 aromatic carbocycles. The lowest BCUT2D eigenvalue weighted by molar-refractivity contribution is -0.135. The minimum atomic E-state index is -4.14. The molecule has 0 aliphatic carbocycles. The van der Waals surface area contributed by atoms with Crippen molar-refractivity contribution in [1.29, 1.82) is 0 Å². The third-order valence-corrected chi connectivity index (χ3v) is 2.98. The fourth-order valence-corrected chi connectivity index (χ4v) is 1.92. The van der Waals surface area contributed by atoms with E-state index in [2.05, 4.69) is 5.32 Å². The predicted octanol–water partition coefficient (Wildman–Crippen LogP) is 3.33. The van der Waals surface area contributed by atoms with Gasteiger partial charge in [-0.1, -0.05) is 0 Å². The highest BCUT2D eigenvalue weighted by atomic mass is 19.4. The quantitative estimate of drug-likeness (QED) is 0.812. The van der Waals surface area contributed by atoms with Gasteiger partial charge in [-0.25, -0.2) is 0 Å². The second kappa shape index (κ2) is 7.19. The number of amides is 1. The molecular formula is C14H19F3N2O2. The molecule has 21 heavy (non-hydrogen) atoms. The van der Waals surface area contributed by atoms with Gasteiger partial charge in [-0.15, -0.1) is 0 Å². The molecule has 4 nitrogen and oxygen atoms in total. The number of anilines is 1. The van der Waals surface area contributed by atoms with Crippen LogP contribution in [0.2, 0.25) is 0 Å². The van der Waals surface area contributed by atoms with E-state index in [4.69, 9.17) is 10.5 Å². The van der Waals surface area contributed by atoms with E-state index < -0.39 is 18.5 Å². The van der Waals surface area contributed by atoms with Crippen molar-refractivity contribution in [2.24, 2.45) is 5.73 Å². The van der Waals surface area contributed by atoms with Gasteiger partial charge < -0.3 is 15.8 Å².